The van der Waals surface area contributed by atoms with Gasteiger partial charge in [0.05, 0.1) is 18.6 Å². The Hall–Kier alpha value is -1.55. The Morgan fingerprint density at radius 1 is 1.43 bits per heavy atom. The van der Waals surface area contributed by atoms with Gasteiger partial charge in [-0.3, -0.25) is 4.79 Å². The second-order valence-electron chi connectivity index (χ2n) is 6.21. The average molecular weight is 291 g/mol. The lowest BCUT2D eigenvalue weighted by Gasteiger charge is -2.36. The van der Waals surface area contributed by atoms with Crippen molar-refractivity contribution in [3.05, 3.63) is 29.3 Å². The first-order valence-corrected chi connectivity index (χ1v) is 7.58. The number of carbonyl (C=O) groups is 1. The Balaban J connectivity index is 1.83. The summed E-state index contributed by atoms with van der Waals surface area (Å²) in [5.74, 6) is 0.897. The van der Waals surface area contributed by atoms with Gasteiger partial charge in [-0.25, -0.2) is 0 Å². The number of amides is 1. The minimum Gasteiger partial charge on any atom is -0.493 e. The molecule has 2 rings (SSSR count). The summed E-state index contributed by atoms with van der Waals surface area (Å²) in [5.41, 5.74) is 1.55. The van der Waals surface area contributed by atoms with E-state index >= 15 is 0 Å². The molecule has 1 unspecified atom stereocenters. The van der Waals surface area contributed by atoms with E-state index < -0.39 is 5.60 Å². The quantitative estimate of drug-likeness (QED) is 0.927. The topological polar surface area (TPSA) is 49.8 Å². The second kappa shape index (κ2) is 6.48. The standard InChI is InChI=1S/C17H25NO3/c1-13-6-4-7-15(14(13)2)21-11-8-16(19)18-10-5-9-17(3,20)12-18/h4,6-7,20H,5,8-12H2,1-3H3. The normalized spacial score (nSPS) is 22.2. The molecule has 1 aliphatic heterocycles. The van der Waals surface area contributed by atoms with E-state index in [1.54, 1.807) is 11.8 Å². The van der Waals surface area contributed by atoms with Gasteiger partial charge >= 0.3 is 0 Å². The van der Waals surface area contributed by atoms with Crippen molar-refractivity contribution in [2.75, 3.05) is 19.7 Å². The molecule has 1 aromatic carbocycles. The fourth-order valence-corrected chi connectivity index (χ4v) is 2.72. The van der Waals surface area contributed by atoms with Gasteiger partial charge < -0.3 is 14.7 Å². The number of likely N-dealkylation sites (tertiary alicyclic amines) is 1. The van der Waals surface area contributed by atoms with Crippen molar-refractivity contribution in [2.24, 2.45) is 0 Å². The maximum absolute atomic E-state index is 12.2. The van der Waals surface area contributed by atoms with Crippen LogP contribution in [0.1, 0.15) is 37.3 Å². The summed E-state index contributed by atoms with van der Waals surface area (Å²) in [6.45, 7) is 7.39. The van der Waals surface area contributed by atoms with Crippen LogP contribution in [0.5, 0.6) is 5.75 Å². The Labute approximate surface area is 126 Å². The largest absolute Gasteiger partial charge is 0.493 e. The highest BCUT2D eigenvalue weighted by molar-refractivity contribution is 5.76. The van der Waals surface area contributed by atoms with Crippen molar-refractivity contribution < 1.29 is 14.6 Å². The number of benzene rings is 1. The predicted molar refractivity (Wildman–Crippen MR) is 82.5 cm³/mol. The first kappa shape index (κ1) is 15.8. The Morgan fingerprint density at radius 3 is 2.90 bits per heavy atom. The zero-order valence-corrected chi connectivity index (χ0v) is 13.2. The van der Waals surface area contributed by atoms with Gasteiger partial charge in [0.15, 0.2) is 0 Å². The molecular weight excluding hydrogens is 266 g/mol. The maximum Gasteiger partial charge on any atom is 0.226 e. The number of aliphatic hydroxyl groups is 1. The number of hydrogen-bond donors (Lipinski definition) is 1. The molecule has 0 spiro atoms. The monoisotopic (exact) mass is 291 g/mol. The number of carbonyl (C=O) groups excluding carboxylic acids is 1. The zero-order chi connectivity index (χ0) is 15.5. The lowest BCUT2D eigenvalue weighted by Crippen LogP contribution is -2.48. The molecule has 1 N–H and O–H groups in total. The third kappa shape index (κ3) is 4.21. The molecule has 0 aliphatic carbocycles. The van der Waals surface area contributed by atoms with E-state index in [1.165, 1.54) is 5.56 Å². The number of piperidine rings is 1. The lowest BCUT2D eigenvalue weighted by atomic mass is 9.95. The van der Waals surface area contributed by atoms with Crippen LogP contribution in [0.15, 0.2) is 18.2 Å². The third-order valence-corrected chi connectivity index (χ3v) is 4.16. The number of nitrogens with zero attached hydrogens (tertiary/aromatic N) is 1. The highest BCUT2D eigenvalue weighted by Gasteiger charge is 2.30. The predicted octanol–water partition coefficient (Wildman–Crippen LogP) is 2.45. The van der Waals surface area contributed by atoms with E-state index in [4.69, 9.17) is 4.74 Å². The second-order valence-corrected chi connectivity index (χ2v) is 6.21. The van der Waals surface area contributed by atoms with Crippen LogP contribution in [-0.4, -0.2) is 41.2 Å². The first-order valence-electron chi connectivity index (χ1n) is 7.58. The number of hydrogen-bond acceptors (Lipinski definition) is 3. The van der Waals surface area contributed by atoms with E-state index in [0.29, 0.717) is 19.6 Å². The molecule has 1 aliphatic rings. The Kier molecular flexibility index (Phi) is 4.88. The van der Waals surface area contributed by atoms with Crippen LogP contribution in [0.25, 0.3) is 0 Å². The molecule has 116 valence electrons. The summed E-state index contributed by atoms with van der Waals surface area (Å²) in [6.07, 6.45) is 1.97. The SMILES string of the molecule is Cc1cccc(OCCC(=O)N2CCCC(C)(O)C2)c1C. The van der Waals surface area contributed by atoms with E-state index in [9.17, 15) is 9.90 Å². The van der Waals surface area contributed by atoms with Gasteiger partial charge in [-0.1, -0.05) is 12.1 Å². The van der Waals surface area contributed by atoms with E-state index in [1.807, 2.05) is 32.0 Å². The van der Waals surface area contributed by atoms with Crippen molar-refractivity contribution in [3.63, 3.8) is 0 Å². The first-order chi connectivity index (χ1) is 9.89. The zero-order valence-electron chi connectivity index (χ0n) is 13.2. The molecular formula is C17H25NO3. The molecule has 1 saturated heterocycles. The molecule has 0 radical (unpaired) electrons. The summed E-state index contributed by atoms with van der Waals surface area (Å²) < 4.78 is 5.72. The van der Waals surface area contributed by atoms with E-state index in [2.05, 4.69) is 0 Å². The van der Waals surface area contributed by atoms with Gasteiger partial charge in [-0.15, -0.1) is 0 Å². The minimum absolute atomic E-state index is 0.0558. The minimum atomic E-state index is -0.748. The third-order valence-electron chi connectivity index (χ3n) is 4.16. The molecule has 0 saturated carbocycles. The summed E-state index contributed by atoms with van der Waals surface area (Å²) in [7, 11) is 0. The molecule has 4 heteroatoms. The molecule has 1 fully saturated rings. The van der Waals surface area contributed by atoms with E-state index in [0.717, 1.165) is 30.7 Å². The van der Waals surface area contributed by atoms with Crippen LogP contribution in [0, 0.1) is 13.8 Å². The summed E-state index contributed by atoms with van der Waals surface area (Å²) in [6, 6.07) is 5.93. The molecule has 0 aromatic heterocycles. The molecule has 1 amide bonds. The van der Waals surface area contributed by atoms with Gasteiger partial charge in [0, 0.05) is 13.1 Å². The van der Waals surface area contributed by atoms with Crippen molar-refractivity contribution in [2.45, 2.75) is 45.6 Å². The number of rotatable bonds is 4. The van der Waals surface area contributed by atoms with Crippen LogP contribution < -0.4 is 4.74 Å². The van der Waals surface area contributed by atoms with Gasteiger partial charge in [0.1, 0.15) is 5.75 Å². The van der Waals surface area contributed by atoms with Crippen molar-refractivity contribution >= 4 is 5.91 Å². The maximum atomic E-state index is 12.2. The van der Waals surface area contributed by atoms with Crippen LogP contribution >= 0.6 is 0 Å². The van der Waals surface area contributed by atoms with Gasteiger partial charge in [0.25, 0.3) is 0 Å². The van der Waals surface area contributed by atoms with Gasteiger partial charge in [-0.2, -0.15) is 0 Å². The fraction of sp³-hybridized carbons (Fsp3) is 0.588. The average Bonchev–Trinajstić information content (AvgIpc) is 2.42. The number of aryl methyl sites for hydroxylation is 1. The Bertz CT molecular complexity index is 511. The summed E-state index contributed by atoms with van der Waals surface area (Å²) in [4.78, 5) is 13.9. The summed E-state index contributed by atoms with van der Waals surface area (Å²) in [5, 5.41) is 10.0. The molecule has 21 heavy (non-hydrogen) atoms. The highest BCUT2D eigenvalue weighted by atomic mass is 16.5. The van der Waals surface area contributed by atoms with E-state index in [-0.39, 0.29) is 5.91 Å². The summed E-state index contributed by atoms with van der Waals surface area (Å²) >= 11 is 0. The van der Waals surface area contributed by atoms with Crippen LogP contribution in [0.3, 0.4) is 0 Å². The van der Waals surface area contributed by atoms with Crippen LogP contribution in [-0.2, 0) is 4.79 Å². The van der Waals surface area contributed by atoms with Gasteiger partial charge in [-0.05, 0) is 50.8 Å². The highest BCUT2D eigenvalue weighted by Crippen LogP contribution is 2.22. The van der Waals surface area contributed by atoms with Gasteiger partial charge in [0.2, 0.25) is 5.91 Å². The van der Waals surface area contributed by atoms with Crippen molar-refractivity contribution in [1.82, 2.24) is 4.90 Å². The Morgan fingerprint density at radius 2 is 2.19 bits per heavy atom. The smallest absolute Gasteiger partial charge is 0.226 e. The molecule has 1 atom stereocenters. The number of ether oxygens (including phenoxy) is 1. The van der Waals surface area contributed by atoms with Crippen molar-refractivity contribution in [3.8, 4) is 5.75 Å². The van der Waals surface area contributed by atoms with Crippen LogP contribution in [0.2, 0.25) is 0 Å². The number of β-amino-alcohol motifs (C(OH)–C–C–N with tert-alkyl or cyclic N) is 1. The van der Waals surface area contributed by atoms with Crippen molar-refractivity contribution in [1.29, 1.82) is 0 Å². The molecule has 4 nitrogen and oxygen atoms in total. The fourth-order valence-electron chi connectivity index (χ4n) is 2.72. The van der Waals surface area contributed by atoms with Crippen LogP contribution in [0.4, 0.5) is 0 Å². The lowest BCUT2D eigenvalue weighted by molar-refractivity contribution is -0.138. The molecule has 1 heterocycles. The molecule has 0 bridgehead atoms. The molecule has 1 aromatic rings.